The minimum atomic E-state index is -0.206. The highest BCUT2D eigenvalue weighted by Crippen LogP contribution is 2.42. The lowest BCUT2D eigenvalue weighted by atomic mass is 9.91. The van der Waals surface area contributed by atoms with E-state index >= 15 is 0 Å². The van der Waals surface area contributed by atoms with Crippen LogP contribution in [-0.4, -0.2) is 9.97 Å². The number of para-hydroxylation sites is 1. The first-order chi connectivity index (χ1) is 11.7. The second kappa shape index (κ2) is 4.91. The van der Waals surface area contributed by atoms with Crippen LogP contribution < -0.4 is 0 Å². The second-order valence-corrected chi connectivity index (χ2v) is 6.66. The zero-order chi connectivity index (χ0) is 16.3. The van der Waals surface area contributed by atoms with Crippen molar-refractivity contribution < 1.29 is 4.39 Å². The summed E-state index contributed by atoms with van der Waals surface area (Å²) >= 11 is 0. The van der Waals surface area contributed by atoms with Crippen molar-refractivity contribution in [2.75, 3.05) is 0 Å². The van der Waals surface area contributed by atoms with Crippen LogP contribution in [0.4, 0.5) is 4.39 Å². The fraction of sp³-hybridized carbons (Fsp3) is 0.190. The summed E-state index contributed by atoms with van der Waals surface area (Å²) in [6.07, 6.45) is 2.04. The first-order valence-corrected chi connectivity index (χ1v) is 8.37. The highest BCUT2D eigenvalue weighted by atomic mass is 19.1. The van der Waals surface area contributed by atoms with Gasteiger partial charge in [-0.05, 0) is 61.2 Å². The quantitative estimate of drug-likeness (QED) is 0.511. The van der Waals surface area contributed by atoms with Crippen molar-refractivity contribution in [3.05, 3.63) is 76.9 Å². The zero-order valence-electron chi connectivity index (χ0n) is 13.4. The molecule has 0 amide bonds. The van der Waals surface area contributed by atoms with Crippen molar-refractivity contribution in [1.29, 1.82) is 0 Å². The van der Waals surface area contributed by atoms with E-state index in [2.05, 4.69) is 42.2 Å². The molecule has 1 aliphatic carbocycles. The van der Waals surface area contributed by atoms with Crippen LogP contribution in [-0.2, 0) is 6.42 Å². The Kier molecular flexibility index (Phi) is 2.81. The van der Waals surface area contributed by atoms with Crippen LogP contribution in [0.2, 0.25) is 0 Å². The van der Waals surface area contributed by atoms with Gasteiger partial charge >= 0.3 is 0 Å². The van der Waals surface area contributed by atoms with Gasteiger partial charge in [0.05, 0.1) is 5.52 Å². The molecular formula is C21H17FN2. The van der Waals surface area contributed by atoms with E-state index in [9.17, 15) is 4.39 Å². The number of hydrogen-bond acceptors (Lipinski definition) is 1. The minimum Gasteiger partial charge on any atom is -0.358 e. The Morgan fingerprint density at radius 2 is 2.00 bits per heavy atom. The summed E-state index contributed by atoms with van der Waals surface area (Å²) in [5, 5.41) is 2.17. The third-order valence-corrected chi connectivity index (χ3v) is 5.23. The van der Waals surface area contributed by atoms with Crippen LogP contribution in [0.3, 0.4) is 0 Å². The molecule has 24 heavy (non-hydrogen) atoms. The first kappa shape index (κ1) is 13.7. The molecule has 2 aromatic heterocycles. The first-order valence-electron chi connectivity index (χ1n) is 8.37. The second-order valence-electron chi connectivity index (χ2n) is 6.66. The summed E-state index contributed by atoms with van der Waals surface area (Å²) in [6.45, 7) is 2.14. The molecule has 5 rings (SSSR count). The van der Waals surface area contributed by atoms with Crippen LogP contribution in [0, 0.1) is 12.7 Å². The predicted molar refractivity (Wildman–Crippen MR) is 94.9 cm³/mol. The largest absolute Gasteiger partial charge is 0.358 e. The van der Waals surface area contributed by atoms with Crippen molar-refractivity contribution in [2.45, 2.75) is 25.7 Å². The summed E-state index contributed by atoms with van der Waals surface area (Å²) in [5.74, 6) is 0.124. The van der Waals surface area contributed by atoms with E-state index < -0.39 is 0 Å². The van der Waals surface area contributed by atoms with E-state index in [-0.39, 0.29) is 5.82 Å². The minimum absolute atomic E-state index is 0.206. The van der Waals surface area contributed by atoms with E-state index in [1.165, 1.54) is 33.8 Å². The standard InChI is InChI=1S/C21H17FN2/c1-12-21(16-4-2-3-5-19(16)23-12)15-7-9-20-17(15)11-13-10-14(22)6-8-18(13)24-20/h2-6,8,10-11,15,23H,7,9H2,1H3. The number of rotatable bonds is 1. The van der Waals surface area contributed by atoms with Crippen molar-refractivity contribution in [2.24, 2.45) is 0 Å². The number of halogens is 1. The van der Waals surface area contributed by atoms with E-state index in [1.807, 2.05) is 0 Å². The van der Waals surface area contributed by atoms with Gasteiger partial charge in [0.2, 0.25) is 0 Å². The summed E-state index contributed by atoms with van der Waals surface area (Å²) in [7, 11) is 0. The number of fused-ring (bicyclic) bond motifs is 3. The molecule has 3 heteroatoms. The van der Waals surface area contributed by atoms with Crippen molar-refractivity contribution >= 4 is 21.8 Å². The molecule has 0 saturated carbocycles. The molecule has 0 radical (unpaired) electrons. The Morgan fingerprint density at radius 1 is 1.12 bits per heavy atom. The maximum Gasteiger partial charge on any atom is 0.123 e. The molecule has 2 nitrogen and oxygen atoms in total. The molecule has 2 aromatic carbocycles. The van der Waals surface area contributed by atoms with Gasteiger partial charge in [-0.2, -0.15) is 0 Å². The number of nitrogens with one attached hydrogen (secondary N) is 1. The summed E-state index contributed by atoms with van der Waals surface area (Å²) < 4.78 is 13.6. The van der Waals surface area contributed by atoms with Gasteiger partial charge in [0.25, 0.3) is 0 Å². The molecule has 0 fully saturated rings. The van der Waals surface area contributed by atoms with Crippen LogP contribution in [0.5, 0.6) is 0 Å². The Labute approximate surface area is 139 Å². The normalized spacial score (nSPS) is 16.8. The molecule has 1 aliphatic rings. The number of aromatic amines is 1. The molecule has 1 unspecified atom stereocenters. The number of nitrogens with zero attached hydrogens (tertiary/aromatic N) is 1. The lowest BCUT2D eigenvalue weighted by Gasteiger charge is -2.13. The molecular weight excluding hydrogens is 299 g/mol. The van der Waals surface area contributed by atoms with Gasteiger partial charge in [-0.1, -0.05) is 18.2 Å². The third-order valence-electron chi connectivity index (χ3n) is 5.23. The molecule has 4 aromatic rings. The van der Waals surface area contributed by atoms with Gasteiger partial charge in [-0.25, -0.2) is 4.39 Å². The van der Waals surface area contributed by atoms with Gasteiger partial charge in [0, 0.05) is 33.6 Å². The molecule has 1 atom stereocenters. The van der Waals surface area contributed by atoms with E-state index in [0.29, 0.717) is 5.92 Å². The van der Waals surface area contributed by atoms with Crippen molar-refractivity contribution in [3.8, 4) is 0 Å². The Bertz CT molecular complexity index is 1090. The van der Waals surface area contributed by atoms with Gasteiger partial charge in [0.15, 0.2) is 0 Å². The highest BCUT2D eigenvalue weighted by Gasteiger charge is 2.29. The van der Waals surface area contributed by atoms with Gasteiger partial charge < -0.3 is 4.98 Å². The fourth-order valence-corrected chi connectivity index (χ4v) is 4.19. The predicted octanol–water partition coefficient (Wildman–Crippen LogP) is 5.24. The number of H-pyrrole nitrogens is 1. The van der Waals surface area contributed by atoms with Gasteiger partial charge in [0.1, 0.15) is 5.82 Å². The van der Waals surface area contributed by atoms with Gasteiger partial charge in [-0.3, -0.25) is 4.98 Å². The average molecular weight is 316 g/mol. The zero-order valence-corrected chi connectivity index (χ0v) is 13.4. The molecule has 0 aliphatic heterocycles. The number of aromatic nitrogens is 2. The molecule has 0 spiro atoms. The smallest absolute Gasteiger partial charge is 0.123 e. The average Bonchev–Trinajstić information content (AvgIpc) is 3.12. The molecule has 1 N–H and O–H groups in total. The molecule has 0 bridgehead atoms. The molecule has 0 saturated heterocycles. The van der Waals surface area contributed by atoms with Crippen LogP contribution >= 0.6 is 0 Å². The fourth-order valence-electron chi connectivity index (χ4n) is 4.19. The monoisotopic (exact) mass is 316 g/mol. The Morgan fingerprint density at radius 3 is 2.92 bits per heavy atom. The van der Waals surface area contributed by atoms with Crippen LogP contribution in [0.15, 0.2) is 48.5 Å². The highest BCUT2D eigenvalue weighted by molar-refractivity contribution is 5.86. The topological polar surface area (TPSA) is 28.7 Å². The Hall–Kier alpha value is -2.68. The van der Waals surface area contributed by atoms with Crippen LogP contribution in [0.1, 0.15) is 34.9 Å². The maximum absolute atomic E-state index is 13.6. The summed E-state index contributed by atoms with van der Waals surface area (Å²) in [4.78, 5) is 8.29. The van der Waals surface area contributed by atoms with Crippen LogP contribution in [0.25, 0.3) is 21.8 Å². The number of hydrogen-bond donors (Lipinski definition) is 1. The SMILES string of the molecule is Cc1[nH]c2ccccc2c1C1CCc2nc3ccc(F)cc3cc21. The molecule has 2 heterocycles. The van der Waals surface area contributed by atoms with E-state index in [0.717, 1.165) is 29.4 Å². The van der Waals surface area contributed by atoms with Gasteiger partial charge in [-0.15, -0.1) is 0 Å². The number of pyridine rings is 1. The summed E-state index contributed by atoms with van der Waals surface area (Å²) in [6, 6.07) is 15.4. The maximum atomic E-state index is 13.6. The number of aryl methyl sites for hydroxylation is 2. The van der Waals surface area contributed by atoms with E-state index in [4.69, 9.17) is 4.98 Å². The van der Waals surface area contributed by atoms with Crippen molar-refractivity contribution in [3.63, 3.8) is 0 Å². The van der Waals surface area contributed by atoms with Crippen molar-refractivity contribution in [1.82, 2.24) is 9.97 Å². The molecule has 118 valence electrons. The summed E-state index contributed by atoms with van der Waals surface area (Å²) in [5.41, 5.74) is 7.05. The third kappa shape index (κ3) is 1.91. The lowest BCUT2D eigenvalue weighted by Crippen LogP contribution is -1.99. The van der Waals surface area contributed by atoms with E-state index in [1.54, 1.807) is 12.1 Å². The Balaban J connectivity index is 1.74. The lowest BCUT2D eigenvalue weighted by molar-refractivity contribution is 0.629. The number of benzene rings is 2.